The van der Waals surface area contributed by atoms with Crippen molar-refractivity contribution in [3.05, 3.63) is 114 Å². The molecular weight excluding hydrogens is 540 g/mol. The molecule has 1 aliphatic heterocycles. The molecule has 7 rings (SSSR count). The Morgan fingerprint density at radius 2 is 1.43 bits per heavy atom. The number of ether oxygens (including phenoxy) is 1. The quantitative estimate of drug-likeness (QED) is 0.207. The van der Waals surface area contributed by atoms with E-state index in [-0.39, 0.29) is 17.5 Å². The van der Waals surface area contributed by atoms with Crippen molar-refractivity contribution in [3.8, 4) is 17.3 Å². The van der Waals surface area contributed by atoms with Gasteiger partial charge in [0.2, 0.25) is 0 Å². The van der Waals surface area contributed by atoms with E-state index in [1.54, 1.807) is 0 Å². The summed E-state index contributed by atoms with van der Waals surface area (Å²) < 4.78 is 33.4. The van der Waals surface area contributed by atoms with Crippen molar-refractivity contribution in [1.29, 1.82) is 0 Å². The highest BCUT2D eigenvalue weighted by Crippen LogP contribution is 2.43. The summed E-state index contributed by atoms with van der Waals surface area (Å²) in [6, 6.07) is 32.8. The number of hydrogen-bond donors (Lipinski definition) is 0. The summed E-state index contributed by atoms with van der Waals surface area (Å²) in [5, 5.41) is 2.28. The van der Waals surface area contributed by atoms with E-state index in [0.29, 0.717) is 17.2 Å². The zero-order valence-electron chi connectivity index (χ0n) is 29.2. The van der Waals surface area contributed by atoms with Crippen LogP contribution in [0.2, 0.25) is 0 Å². The second-order valence-corrected chi connectivity index (χ2v) is 13.7. The van der Waals surface area contributed by atoms with Crippen molar-refractivity contribution in [2.45, 2.75) is 52.4 Å². The van der Waals surface area contributed by atoms with Crippen molar-refractivity contribution >= 4 is 38.9 Å². The van der Waals surface area contributed by atoms with Crippen LogP contribution in [0.1, 0.15) is 56.8 Å². The average molecular weight is 584 g/mol. The molecule has 44 heavy (non-hydrogen) atoms. The van der Waals surface area contributed by atoms with Gasteiger partial charge < -0.3 is 14.5 Å². The van der Waals surface area contributed by atoms with Crippen LogP contribution in [0.25, 0.3) is 27.6 Å². The van der Waals surface area contributed by atoms with Crippen LogP contribution in [-0.4, -0.2) is 23.2 Å². The molecule has 0 radical (unpaired) electrons. The van der Waals surface area contributed by atoms with E-state index in [9.17, 15) is 0 Å². The molecule has 0 amide bonds. The highest BCUT2D eigenvalue weighted by Gasteiger charge is 2.27. The Morgan fingerprint density at radius 1 is 0.682 bits per heavy atom. The Bertz CT molecular complexity index is 2140. The number of hydrogen-bond acceptors (Lipinski definition) is 4. The van der Waals surface area contributed by atoms with E-state index in [2.05, 4.69) is 106 Å². The van der Waals surface area contributed by atoms with Crippen LogP contribution in [0.4, 0.5) is 17.1 Å². The van der Waals surface area contributed by atoms with E-state index in [1.807, 2.05) is 48.7 Å². The van der Waals surface area contributed by atoms with Crippen molar-refractivity contribution in [2.24, 2.45) is 0 Å². The van der Waals surface area contributed by atoms with Gasteiger partial charge >= 0.3 is 0 Å². The molecule has 5 heteroatoms. The Labute approximate surface area is 264 Å². The van der Waals surface area contributed by atoms with Crippen LogP contribution in [-0.2, 0) is 10.8 Å². The van der Waals surface area contributed by atoms with E-state index < -0.39 is 6.98 Å². The molecule has 5 nitrogen and oxygen atoms in total. The lowest BCUT2D eigenvalue weighted by Crippen LogP contribution is -2.23. The lowest BCUT2D eigenvalue weighted by molar-refractivity contribution is 0.483. The smallest absolute Gasteiger partial charge is 0.137 e. The standard InChI is InChI=1S/C39H40N4O/c1-38(2,3)26-15-18-34-36(21-26)42(25-41(34)7)28-11-10-12-29(23-28)44-30-16-17-32-31-13-8-9-14-33(31)43(35(32)24-30)37-22-27(19-20-40-37)39(4,5)6/h8-24H,25H2,1-7H3/i7D3. The molecule has 0 atom stereocenters. The summed E-state index contributed by atoms with van der Waals surface area (Å²) in [5.41, 5.74) is 6.80. The van der Waals surface area contributed by atoms with Gasteiger partial charge in [0, 0.05) is 45.9 Å². The van der Waals surface area contributed by atoms with E-state index in [0.717, 1.165) is 44.6 Å². The molecule has 0 saturated carbocycles. The van der Waals surface area contributed by atoms with Crippen molar-refractivity contribution < 1.29 is 8.85 Å². The minimum Gasteiger partial charge on any atom is -0.457 e. The molecule has 1 aliphatic rings. The van der Waals surface area contributed by atoms with Gasteiger partial charge in [-0.15, -0.1) is 0 Å². The van der Waals surface area contributed by atoms with Gasteiger partial charge in [-0.05, 0) is 76.6 Å². The SMILES string of the molecule is [2H]C([2H])([2H])N1CN(c2cccc(Oc3ccc4c5ccccc5n(-c5cc(C(C)(C)C)ccn5)c4c3)c2)c2cc(C(C)(C)C)ccc21. The fourth-order valence-corrected chi connectivity index (χ4v) is 6.07. The number of fused-ring (bicyclic) bond motifs is 4. The number of benzene rings is 4. The lowest BCUT2D eigenvalue weighted by atomic mass is 9.86. The van der Waals surface area contributed by atoms with Crippen LogP contribution in [0, 0.1) is 0 Å². The van der Waals surface area contributed by atoms with Gasteiger partial charge in [0.15, 0.2) is 0 Å². The fraction of sp³-hybridized carbons (Fsp3) is 0.256. The maximum Gasteiger partial charge on any atom is 0.137 e. The third-order valence-electron chi connectivity index (χ3n) is 8.56. The molecule has 0 aliphatic carbocycles. The predicted octanol–water partition coefficient (Wildman–Crippen LogP) is 10.1. The van der Waals surface area contributed by atoms with Crippen molar-refractivity contribution in [3.63, 3.8) is 0 Å². The molecule has 222 valence electrons. The normalized spacial score (nSPS) is 14.9. The molecule has 2 aromatic heterocycles. The van der Waals surface area contributed by atoms with Crippen LogP contribution in [0.3, 0.4) is 0 Å². The number of rotatable bonds is 4. The molecule has 0 fully saturated rings. The highest BCUT2D eigenvalue weighted by atomic mass is 16.5. The number of nitrogens with zero attached hydrogens (tertiary/aromatic N) is 4. The fourth-order valence-electron chi connectivity index (χ4n) is 6.07. The zero-order valence-corrected chi connectivity index (χ0v) is 26.2. The van der Waals surface area contributed by atoms with Crippen LogP contribution < -0.4 is 14.5 Å². The van der Waals surface area contributed by atoms with E-state index in [1.165, 1.54) is 10.5 Å². The predicted molar refractivity (Wildman–Crippen MR) is 184 cm³/mol. The number of anilines is 3. The minimum atomic E-state index is -2.27. The number of aromatic nitrogens is 2. The summed E-state index contributed by atoms with van der Waals surface area (Å²) in [5.74, 6) is 2.23. The second kappa shape index (κ2) is 10.2. The molecule has 3 heterocycles. The Kier molecular flexibility index (Phi) is 5.69. The van der Waals surface area contributed by atoms with Crippen LogP contribution in [0.5, 0.6) is 11.5 Å². The van der Waals surface area contributed by atoms with Crippen LogP contribution in [0.15, 0.2) is 103 Å². The molecule has 4 aromatic carbocycles. The first-order valence-corrected chi connectivity index (χ1v) is 15.2. The molecule has 0 spiro atoms. The van der Waals surface area contributed by atoms with Crippen molar-refractivity contribution in [2.75, 3.05) is 23.4 Å². The first kappa shape index (κ1) is 24.6. The van der Waals surface area contributed by atoms with Gasteiger partial charge in [-0.3, -0.25) is 4.57 Å². The summed E-state index contributed by atoms with van der Waals surface area (Å²) in [7, 11) is 0. The Balaban J connectivity index is 1.28. The Hall–Kier alpha value is -4.77. The number of pyridine rings is 1. The summed E-state index contributed by atoms with van der Waals surface area (Å²) in [6.07, 6.45) is 1.89. The molecule has 6 aromatic rings. The molecule has 0 bridgehead atoms. The van der Waals surface area contributed by atoms with Gasteiger partial charge in [-0.2, -0.15) is 0 Å². The van der Waals surface area contributed by atoms with Gasteiger partial charge in [-0.25, -0.2) is 4.98 Å². The number of para-hydroxylation sites is 1. The third kappa shape index (κ3) is 4.86. The Morgan fingerprint density at radius 3 is 2.23 bits per heavy atom. The van der Waals surface area contributed by atoms with Gasteiger partial charge in [-0.1, -0.05) is 71.9 Å². The van der Waals surface area contributed by atoms with E-state index >= 15 is 0 Å². The lowest BCUT2D eigenvalue weighted by Gasteiger charge is -2.23. The molecule has 0 saturated heterocycles. The minimum absolute atomic E-state index is 0.0135. The summed E-state index contributed by atoms with van der Waals surface area (Å²) in [4.78, 5) is 8.34. The first-order valence-electron chi connectivity index (χ1n) is 16.7. The van der Waals surface area contributed by atoms with Gasteiger partial charge in [0.1, 0.15) is 17.3 Å². The summed E-state index contributed by atoms with van der Waals surface area (Å²) >= 11 is 0. The maximum atomic E-state index is 8.21. The highest BCUT2D eigenvalue weighted by molar-refractivity contribution is 6.09. The van der Waals surface area contributed by atoms with Crippen molar-refractivity contribution in [1.82, 2.24) is 9.55 Å². The third-order valence-corrected chi connectivity index (χ3v) is 8.56. The van der Waals surface area contributed by atoms with Crippen LogP contribution >= 0.6 is 0 Å². The molecular formula is C39H40N4O. The van der Waals surface area contributed by atoms with E-state index in [4.69, 9.17) is 13.8 Å². The maximum absolute atomic E-state index is 8.21. The van der Waals surface area contributed by atoms with Gasteiger partial charge in [0.25, 0.3) is 0 Å². The molecule has 0 unspecified atom stereocenters. The van der Waals surface area contributed by atoms with Gasteiger partial charge in [0.05, 0.1) is 29.1 Å². The second-order valence-electron chi connectivity index (χ2n) is 13.7. The summed E-state index contributed by atoms with van der Waals surface area (Å²) in [6.45, 7) is 11.1. The average Bonchev–Trinajstić information content (AvgIpc) is 3.56. The zero-order chi connectivity index (χ0) is 33.3. The largest absolute Gasteiger partial charge is 0.457 e. The molecule has 0 N–H and O–H groups in total. The first-order chi connectivity index (χ1) is 22.2. The topological polar surface area (TPSA) is 33.5 Å². The monoisotopic (exact) mass is 583 g/mol.